The van der Waals surface area contributed by atoms with Crippen molar-refractivity contribution in [2.45, 2.75) is 33.0 Å². The number of carbonyl (C=O) groups excluding carboxylic acids is 1. The highest BCUT2D eigenvalue weighted by Crippen LogP contribution is 2.03. The largest absolute Gasteiger partial charge is 0.466 e. The zero-order chi connectivity index (χ0) is 10.9. The van der Waals surface area contributed by atoms with Gasteiger partial charge in [-0.3, -0.25) is 0 Å². The molecule has 78 valence electrons. The van der Waals surface area contributed by atoms with Crippen LogP contribution in [0.1, 0.15) is 13.8 Å². The molecule has 0 amide bonds. The summed E-state index contributed by atoms with van der Waals surface area (Å²) in [6, 6.07) is 1.50. The Balaban J connectivity index is 0. The van der Waals surface area contributed by atoms with E-state index in [9.17, 15) is 4.79 Å². The van der Waals surface area contributed by atoms with Gasteiger partial charge in [-0.05, 0) is 5.92 Å². The van der Waals surface area contributed by atoms with E-state index in [1.54, 1.807) is 0 Å². The summed E-state index contributed by atoms with van der Waals surface area (Å²) in [5.41, 5.74) is 0. The molecule has 0 unspecified atom stereocenters. The summed E-state index contributed by atoms with van der Waals surface area (Å²) < 4.78 is 4.14. The second-order valence-corrected chi connectivity index (χ2v) is 7.01. The lowest BCUT2D eigenvalue weighted by Gasteiger charge is -2.04. The van der Waals surface area contributed by atoms with Gasteiger partial charge in [-0.1, -0.05) is 39.6 Å². The maximum atomic E-state index is 9.84. The number of esters is 1. The molecule has 0 fully saturated rings. The molecule has 0 aromatic carbocycles. The van der Waals surface area contributed by atoms with Crippen molar-refractivity contribution < 1.29 is 9.53 Å². The van der Waals surface area contributed by atoms with Gasteiger partial charge in [0.25, 0.3) is 0 Å². The molecule has 0 atom stereocenters. The number of ether oxygens (including phenoxy) is 1. The highest BCUT2D eigenvalue weighted by molar-refractivity contribution is 6.55. The van der Waals surface area contributed by atoms with Crippen molar-refractivity contribution in [3.8, 4) is 0 Å². The minimum atomic E-state index is -0.394. The van der Waals surface area contributed by atoms with Crippen LogP contribution in [0.5, 0.6) is 0 Å². The average molecular weight is 202 g/mol. The molecule has 2 nitrogen and oxygen atoms in total. The van der Waals surface area contributed by atoms with Crippen LogP contribution in [0.15, 0.2) is 12.7 Å². The standard InChI is InChI=1S/C6H16Si.C4H6O2/c1-6(2)5-7(3)4;1-3-4(5)6-2/h6-7H,5H2,1-4H3;3H,1H2,2H3. The zero-order valence-corrected chi connectivity index (χ0v) is 10.6. The van der Waals surface area contributed by atoms with Gasteiger partial charge in [-0.25, -0.2) is 4.79 Å². The van der Waals surface area contributed by atoms with Crippen LogP contribution in [0.25, 0.3) is 0 Å². The van der Waals surface area contributed by atoms with Crippen molar-refractivity contribution in [2.75, 3.05) is 7.11 Å². The van der Waals surface area contributed by atoms with Crippen molar-refractivity contribution in [1.29, 1.82) is 0 Å². The topological polar surface area (TPSA) is 26.3 Å². The van der Waals surface area contributed by atoms with E-state index in [2.05, 4.69) is 38.3 Å². The van der Waals surface area contributed by atoms with Crippen molar-refractivity contribution in [3.63, 3.8) is 0 Å². The molecule has 0 aliphatic rings. The maximum Gasteiger partial charge on any atom is 0.329 e. The van der Waals surface area contributed by atoms with Crippen LogP contribution in [0, 0.1) is 5.92 Å². The molecule has 0 N–H and O–H groups in total. The molecule has 0 aliphatic carbocycles. The Morgan fingerprint density at radius 1 is 1.54 bits per heavy atom. The Kier molecular flexibility index (Phi) is 10.9. The van der Waals surface area contributed by atoms with Gasteiger partial charge in [0.1, 0.15) is 0 Å². The van der Waals surface area contributed by atoms with E-state index in [0.29, 0.717) is 0 Å². The molecule has 0 aromatic heterocycles. The average Bonchev–Trinajstić information content (AvgIpc) is 2.01. The third-order valence-electron chi connectivity index (χ3n) is 1.31. The van der Waals surface area contributed by atoms with E-state index in [4.69, 9.17) is 0 Å². The minimum absolute atomic E-state index is 0.228. The molecule has 0 heterocycles. The van der Waals surface area contributed by atoms with E-state index in [0.717, 1.165) is 12.0 Å². The van der Waals surface area contributed by atoms with E-state index >= 15 is 0 Å². The number of carbonyl (C=O) groups is 1. The van der Waals surface area contributed by atoms with Crippen molar-refractivity contribution in [3.05, 3.63) is 12.7 Å². The summed E-state index contributed by atoms with van der Waals surface area (Å²) >= 11 is 0. The third kappa shape index (κ3) is 18.4. The first-order chi connectivity index (χ1) is 5.93. The van der Waals surface area contributed by atoms with E-state index < -0.39 is 5.97 Å². The number of rotatable bonds is 3. The first-order valence-electron chi connectivity index (χ1n) is 4.64. The SMILES string of the molecule is C=CC(=O)OC.CC(C)C[SiH](C)C. The van der Waals surface area contributed by atoms with Gasteiger partial charge in [0, 0.05) is 14.9 Å². The lowest BCUT2D eigenvalue weighted by atomic mass is 10.3. The summed E-state index contributed by atoms with van der Waals surface area (Å²) in [4.78, 5) is 9.84. The molecular weight excluding hydrogens is 180 g/mol. The molecular formula is C10H22O2Si. The van der Waals surface area contributed by atoms with Gasteiger partial charge >= 0.3 is 5.97 Å². The smallest absolute Gasteiger partial charge is 0.329 e. The predicted octanol–water partition coefficient (Wildman–Crippen LogP) is 2.47. The van der Waals surface area contributed by atoms with Crippen molar-refractivity contribution >= 4 is 14.8 Å². The minimum Gasteiger partial charge on any atom is -0.466 e. The molecule has 0 saturated heterocycles. The van der Waals surface area contributed by atoms with Crippen LogP contribution in [-0.2, 0) is 9.53 Å². The molecule has 0 spiro atoms. The molecule has 0 saturated carbocycles. The van der Waals surface area contributed by atoms with Crippen molar-refractivity contribution in [2.24, 2.45) is 5.92 Å². The van der Waals surface area contributed by atoms with Crippen LogP contribution in [0.2, 0.25) is 19.1 Å². The summed E-state index contributed by atoms with van der Waals surface area (Å²) in [5.74, 6) is 0.543. The molecule has 0 radical (unpaired) electrons. The Labute approximate surface area is 83.6 Å². The molecule has 0 aliphatic heterocycles. The summed E-state index contributed by atoms with van der Waals surface area (Å²) in [7, 11) is 1.08. The van der Waals surface area contributed by atoms with Gasteiger partial charge in [-0.2, -0.15) is 0 Å². The predicted molar refractivity (Wildman–Crippen MR) is 60.7 cm³/mol. The fourth-order valence-corrected chi connectivity index (χ4v) is 2.91. The van der Waals surface area contributed by atoms with E-state index in [-0.39, 0.29) is 8.80 Å². The first kappa shape index (κ1) is 14.9. The zero-order valence-electron chi connectivity index (χ0n) is 9.46. The van der Waals surface area contributed by atoms with Crippen LogP contribution < -0.4 is 0 Å². The van der Waals surface area contributed by atoms with E-state index in [1.165, 1.54) is 13.2 Å². The van der Waals surface area contributed by atoms with E-state index in [1.807, 2.05) is 0 Å². The summed E-state index contributed by atoms with van der Waals surface area (Å²) in [5, 5.41) is 0. The van der Waals surface area contributed by atoms with Gasteiger partial charge in [0.2, 0.25) is 0 Å². The lowest BCUT2D eigenvalue weighted by molar-refractivity contribution is -0.134. The Bertz CT molecular complexity index is 136. The fraction of sp³-hybridized carbons (Fsp3) is 0.700. The van der Waals surface area contributed by atoms with Crippen molar-refractivity contribution in [1.82, 2.24) is 0 Å². The highest BCUT2D eigenvalue weighted by atomic mass is 28.3. The highest BCUT2D eigenvalue weighted by Gasteiger charge is 1.97. The second-order valence-electron chi connectivity index (χ2n) is 3.75. The first-order valence-corrected chi connectivity index (χ1v) is 7.77. The normalized spacial score (nSPS) is 9.15. The fourth-order valence-electron chi connectivity index (χ4n) is 1.03. The van der Waals surface area contributed by atoms with Gasteiger partial charge in [-0.15, -0.1) is 0 Å². The quantitative estimate of drug-likeness (QED) is 0.399. The molecule has 13 heavy (non-hydrogen) atoms. The number of hydrogen-bond acceptors (Lipinski definition) is 2. The molecule has 3 heteroatoms. The molecule has 0 aromatic rings. The summed E-state index contributed by atoms with van der Waals surface area (Å²) in [6.07, 6.45) is 1.11. The molecule has 0 rings (SSSR count). The number of methoxy groups -OCH3 is 1. The Morgan fingerprint density at radius 3 is 2.00 bits per heavy atom. The van der Waals surface area contributed by atoms with Crippen LogP contribution in [0.4, 0.5) is 0 Å². The maximum absolute atomic E-state index is 9.84. The van der Waals surface area contributed by atoms with Crippen LogP contribution in [-0.4, -0.2) is 21.9 Å². The van der Waals surface area contributed by atoms with Gasteiger partial charge in [0.15, 0.2) is 0 Å². The number of hydrogen-bond donors (Lipinski definition) is 0. The molecule has 0 bridgehead atoms. The van der Waals surface area contributed by atoms with Gasteiger partial charge in [0.05, 0.1) is 7.11 Å². The van der Waals surface area contributed by atoms with Crippen LogP contribution >= 0.6 is 0 Å². The van der Waals surface area contributed by atoms with Crippen LogP contribution in [0.3, 0.4) is 0 Å². The summed E-state index contributed by atoms with van der Waals surface area (Å²) in [6.45, 7) is 12.6. The Hall–Kier alpha value is -0.573. The second kappa shape index (κ2) is 9.51. The third-order valence-corrected chi connectivity index (χ3v) is 3.20. The lowest BCUT2D eigenvalue weighted by Crippen LogP contribution is -2.02. The van der Waals surface area contributed by atoms with Gasteiger partial charge < -0.3 is 4.74 Å². The monoisotopic (exact) mass is 202 g/mol. The Morgan fingerprint density at radius 2 is 2.00 bits per heavy atom.